The molecule has 7 heteroatoms. The Bertz CT molecular complexity index is 627. The van der Waals surface area contributed by atoms with Crippen molar-refractivity contribution < 1.29 is 14.6 Å². The number of aromatic nitrogens is 2. The molecule has 1 unspecified atom stereocenters. The standard InChI is InChI=1S/C13H17N3O3S/c1-7-8(2)20-13-11(7)12(15-6-16-13)14-5-9(19-3)4-10(17)18/h6,9H,4-5H2,1-3H3,(H,17,18)(H,14,15,16). The summed E-state index contributed by atoms with van der Waals surface area (Å²) in [5.74, 6) is -0.154. The predicted molar refractivity (Wildman–Crippen MR) is 78.4 cm³/mol. The monoisotopic (exact) mass is 295 g/mol. The van der Waals surface area contributed by atoms with E-state index in [0.29, 0.717) is 6.54 Å². The summed E-state index contributed by atoms with van der Waals surface area (Å²) in [6.07, 6.45) is 1.08. The Kier molecular flexibility index (Phi) is 4.51. The number of fused-ring (bicyclic) bond motifs is 1. The van der Waals surface area contributed by atoms with Gasteiger partial charge in [0, 0.05) is 18.5 Å². The molecule has 6 nitrogen and oxygen atoms in total. The Hall–Kier alpha value is -1.73. The maximum atomic E-state index is 10.7. The number of rotatable bonds is 6. The van der Waals surface area contributed by atoms with Gasteiger partial charge in [-0.25, -0.2) is 9.97 Å². The third-order valence-corrected chi connectivity index (χ3v) is 4.31. The number of hydrogen-bond donors (Lipinski definition) is 2. The van der Waals surface area contributed by atoms with E-state index in [1.54, 1.807) is 11.3 Å². The van der Waals surface area contributed by atoms with Crippen molar-refractivity contribution in [1.29, 1.82) is 0 Å². The molecule has 0 bridgehead atoms. The molecule has 0 radical (unpaired) electrons. The van der Waals surface area contributed by atoms with Gasteiger partial charge >= 0.3 is 5.97 Å². The average Bonchev–Trinajstić information content (AvgIpc) is 2.70. The van der Waals surface area contributed by atoms with Gasteiger partial charge in [-0.15, -0.1) is 11.3 Å². The van der Waals surface area contributed by atoms with Gasteiger partial charge in [0.1, 0.15) is 17.0 Å². The van der Waals surface area contributed by atoms with Crippen LogP contribution in [0.25, 0.3) is 10.2 Å². The van der Waals surface area contributed by atoms with Crippen molar-refractivity contribution in [3.63, 3.8) is 0 Å². The summed E-state index contributed by atoms with van der Waals surface area (Å²) in [5, 5.41) is 13.0. The van der Waals surface area contributed by atoms with Crippen molar-refractivity contribution in [2.45, 2.75) is 26.4 Å². The first-order valence-corrected chi connectivity index (χ1v) is 7.03. The first-order chi connectivity index (χ1) is 9.52. The van der Waals surface area contributed by atoms with Gasteiger partial charge in [-0.05, 0) is 19.4 Å². The Morgan fingerprint density at radius 1 is 1.50 bits per heavy atom. The van der Waals surface area contributed by atoms with Crippen molar-refractivity contribution in [3.05, 3.63) is 16.8 Å². The van der Waals surface area contributed by atoms with Crippen LogP contribution in [0.4, 0.5) is 5.82 Å². The van der Waals surface area contributed by atoms with Crippen molar-refractivity contribution in [2.75, 3.05) is 19.0 Å². The van der Waals surface area contributed by atoms with Gasteiger partial charge in [-0.1, -0.05) is 0 Å². The SMILES string of the molecule is COC(CNc1ncnc2sc(C)c(C)c12)CC(=O)O. The molecule has 108 valence electrons. The molecule has 2 N–H and O–H groups in total. The quantitative estimate of drug-likeness (QED) is 0.850. The fraction of sp³-hybridized carbons (Fsp3) is 0.462. The lowest BCUT2D eigenvalue weighted by atomic mass is 10.2. The molecule has 0 saturated carbocycles. The maximum Gasteiger partial charge on any atom is 0.306 e. The van der Waals surface area contributed by atoms with Gasteiger partial charge < -0.3 is 15.2 Å². The van der Waals surface area contributed by atoms with Gasteiger partial charge in [-0.3, -0.25) is 4.79 Å². The van der Waals surface area contributed by atoms with Gasteiger partial charge in [0.15, 0.2) is 0 Å². The topological polar surface area (TPSA) is 84.3 Å². The highest BCUT2D eigenvalue weighted by atomic mass is 32.1. The number of nitrogens with one attached hydrogen (secondary N) is 1. The number of hydrogen-bond acceptors (Lipinski definition) is 6. The first kappa shape index (κ1) is 14.7. The summed E-state index contributed by atoms with van der Waals surface area (Å²) in [6, 6.07) is 0. The van der Waals surface area contributed by atoms with Crippen LogP contribution in [0.2, 0.25) is 0 Å². The largest absolute Gasteiger partial charge is 0.481 e. The van der Waals surface area contributed by atoms with Crippen molar-refractivity contribution in [2.24, 2.45) is 0 Å². The molecule has 0 aliphatic heterocycles. The van der Waals surface area contributed by atoms with Crippen LogP contribution < -0.4 is 5.32 Å². The van der Waals surface area contributed by atoms with E-state index in [1.807, 2.05) is 13.8 Å². The zero-order valence-electron chi connectivity index (χ0n) is 11.6. The minimum absolute atomic E-state index is 0.0423. The third kappa shape index (κ3) is 3.05. The van der Waals surface area contributed by atoms with Crippen LogP contribution in [-0.4, -0.2) is 40.8 Å². The van der Waals surface area contributed by atoms with Gasteiger partial charge in [0.2, 0.25) is 0 Å². The molecule has 0 aliphatic rings. The van der Waals surface area contributed by atoms with E-state index >= 15 is 0 Å². The fourth-order valence-corrected chi connectivity index (χ4v) is 2.96. The second-order valence-electron chi connectivity index (χ2n) is 4.52. The molecule has 0 aliphatic carbocycles. The van der Waals surface area contributed by atoms with Crippen LogP contribution in [0.3, 0.4) is 0 Å². The molecule has 1 atom stereocenters. The van der Waals surface area contributed by atoms with E-state index in [1.165, 1.54) is 18.3 Å². The van der Waals surface area contributed by atoms with Crippen LogP contribution in [0.15, 0.2) is 6.33 Å². The van der Waals surface area contributed by atoms with E-state index in [-0.39, 0.29) is 6.42 Å². The lowest BCUT2D eigenvalue weighted by Crippen LogP contribution is -2.25. The molecular weight excluding hydrogens is 278 g/mol. The number of aryl methyl sites for hydroxylation is 2. The molecule has 0 amide bonds. The van der Waals surface area contributed by atoms with Crippen LogP contribution >= 0.6 is 11.3 Å². The van der Waals surface area contributed by atoms with Crippen molar-refractivity contribution in [1.82, 2.24) is 9.97 Å². The number of carboxylic acids is 1. The third-order valence-electron chi connectivity index (χ3n) is 3.20. The molecule has 2 aromatic heterocycles. The van der Waals surface area contributed by atoms with Gasteiger partial charge in [0.05, 0.1) is 17.9 Å². The minimum atomic E-state index is -0.881. The number of ether oxygens (including phenoxy) is 1. The second-order valence-corrected chi connectivity index (χ2v) is 5.73. The number of methoxy groups -OCH3 is 1. The predicted octanol–water partition coefficient (Wildman–Crippen LogP) is 2.21. The van der Waals surface area contributed by atoms with Gasteiger partial charge in [0.25, 0.3) is 0 Å². The Morgan fingerprint density at radius 2 is 2.25 bits per heavy atom. The van der Waals surface area contributed by atoms with E-state index in [9.17, 15) is 4.79 Å². The summed E-state index contributed by atoms with van der Waals surface area (Å²) in [5.41, 5.74) is 1.15. The van der Waals surface area contributed by atoms with Crippen molar-refractivity contribution >= 4 is 33.3 Å². The molecule has 20 heavy (non-hydrogen) atoms. The highest BCUT2D eigenvalue weighted by Gasteiger charge is 2.15. The second kappa shape index (κ2) is 6.15. The molecule has 0 saturated heterocycles. The fourth-order valence-electron chi connectivity index (χ4n) is 1.96. The Morgan fingerprint density at radius 3 is 2.90 bits per heavy atom. The molecule has 0 fully saturated rings. The molecule has 0 aromatic carbocycles. The zero-order valence-corrected chi connectivity index (χ0v) is 12.5. The molecule has 2 rings (SSSR count). The Balaban J connectivity index is 2.19. The number of carboxylic acid groups (broad SMARTS) is 1. The lowest BCUT2D eigenvalue weighted by molar-refractivity contribution is -0.139. The van der Waals surface area contributed by atoms with E-state index in [2.05, 4.69) is 15.3 Å². The minimum Gasteiger partial charge on any atom is -0.481 e. The number of nitrogens with zero attached hydrogens (tertiary/aromatic N) is 2. The van der Waals surface area contributed by atoms with Crippen LogP contribution in [0, 0.1) is 13.8 Å². The summed E-state index contributed by atoms with van der Waals surface area (Å²) in [6.45, 7) is 4.48. The molecular formula is C13H17N3O3S. The van der Waals surface area contributed by atoms with Crippen molar-refractivity contribution in [3.8, 4) is 0 Å². The van der Waals surface area contributed by atoms with Gasteiger partial charge in [-0.2, -0.15) is 0 Å². The highest BCUT2D eigenvalue weighted by molar-refractivity contribution is 7.18. The number of aliphatic carboxylic acids is 1. The molecule has 2 heterocycles. The van der Waals surface area contributed by atoms with E-state index in [4.69, 9.17) is 9.84 Å². The van der Waals surface area contributed by atoms with Crippen LogP contribution in [0.5, 0.6) is 0 Å². The Labute approximate surface area is 120 Å². The zero-order chi connectivity index (χ0) is 14.7. The summed E-state index contributed by atoms with van der Waals surface area (Å²) in [4.78, 5) is 21.4. The smallest absolute Gasteiger partial charge is 0.306 e. The van der Waals surface area contributed by atoms with Crippen LogP contribution in [-0.2, 0) is 9.53 Å². The van der Waals surface area contributed by atoms with Crippen LogP contribution in [0.1, 0.15) is 16.9 Å². The molecule has 0 spiro atoms. The average molecular weight is 295 g/mol. The van der Waals surface area contributed by atoms with E-state index < -0.39 is 12.1 Å². The highest BCUT2D eigenvalue weighted by Crippen LogP contribution is 2.32. The summed E-state index contributed by atoms with van der Waals surface area (Å²) < 4.78 is 5.15. The normalized spacial score (nSPS) is 12.6. The number of thiophene rings is 1. The molecule has 2 aromatic rings. The maximum absolute atomic E-state index is 10.7. The number of carbonyl (C=O) groups is 1. The lowest BCUT2D eigenvalue weighted by Gasteiger charge is -2.14. The van der Waals surface area contributed by atoms with E-state index in [0.717, 1.165) is 21.6 Å². The first-order valence-electron chi connectivity index (χ1n) is 6.22. The summed E-state index contributed by atoms with van der Waals surface area (Å²) >= 11 is 1.63. The number of anilines is 1. The summed E-state index contributed by atoms with van der Waals surface area (Å²) in [7, 11) is 1.50.